The van der Waals surface area contributed by atoms with Crippen molar-refractivity contribution in [3.8, 4) is 0 Å². The second-order valence-electron chi connectivity index (χ2n) is 5.04. The molecule has 1 aromatic heterocycles. The maximum atomic E-state index is 12.0. The van der Waals surface area contributed by atoms with Crippen LogP contribution >= 0.6 is 0 Å². The van der Waals surface area contributed by atoms with E-state index in [-0.39, 0.29) is 11.3 Å². The molecule has 1 heterocycles. The molecule has 9 heteroatoms. The van der Waals surface area contributed by atoms with E-state index in [9.17, 15) is 19.2 Å². The van der Waals surface area contributed by atoms with Gasteiger partial charge in [-0.05, 0) is 43.3 Å². The molecule has 0 saturated heterocycles. The fourth-order valence-corrected chi connectivity index (χ4v) is 1.83. The number of hydrogen-bond donors (Lipinski definition) is 2. The molecule has 3 amide bonds. The third-order valence-corrected chi connectivity index (χ3v) is 3.19. The van der Waals surface area contributed by atoms with Crippen LogP contribution in [0.2, 0.25) is 0 Å². The summed E-state index contributed by atoms with van der Waals surface area (Å²) in [5.74, 6) is -1.86. The summed E-state index contributed by atoms with van der Waals surface area (Å²) < 4.78 is 14.2. The normalized spacial score (nSPS) is 11.2. The summed E-state index contributed by atoms with van der Waals surface area (Å²) in [5, 5.41) is 4.49. The lowest BCUT2D eigenvalue weighted by molar-refractivity contribution is -0.128. The van der Waals surface area contributed by atoms with Gasteiger partial charge in [0.15, 0.2) is 11.9 Å². The summed E-state index contributed by atoms with van der Waals surface area (Å²) in [7, 11) is 1.10. The van der Waals surface area contributed by atoms with Gasteiger partial charge in [-0.2, -0.15) is 0 Å². The Morgan fingerprint density at radius 3 is 2.35 bits per heavy atom. The van der Waals surface area contributed by atoms with Crippen LogP contribution in [0.5, 0.6) is 0 Å². The second-order valence-corrected chi connectivity index (χ2v) is 5.04. The third kappa shape index (κ3) is 4.94. The average molecular weight is 360 g/mol. The van der Waals surface area contributed by atoms with Crippen molar-refractivity contribution in [3.63, 3.8) is 0 Å². The van der Waals surface area contributed by atoms with E-state index in [1.807, 2.05) is 5.32 Å². The Balaban J connectivity index is 1.92. The number of anilines is 1. The molecule has 0 bridgehead atoms. The fraction of sp³-hybridized carbons (Fsp3) is 0.176. The monoisotopic (exact) mass is 360 g/mol. The van der Waals surface area contributed by atoms with Crippen LogP contribution in [0.4, 0.5) is 10.5 Å². The standard InChI is InChI=1S/C17H16N2O7/c1-10(14(20)19-17(23)24-2)26-16(22)11-5-7-12(8-6-11)18-15(21)13-4-3-9-25-13/h3-10H,1-2H3,(H,18,21)(H,19,20,23)/t10-/m0/s1. The van der Waals surface area contributed by atoms with E-state index in [1.54, 1.807) is 6.07 Å². The number of nitrogens with one attached hydrogen (secondary N) is 2. The van der Waals surface area contributed by atoms with Gasteiger partial charge in [-0.1, -0.05) is 0 Å². The minimum absolute atomic E-state index is 0.152. The zero-order chi connectivity index (χ0) is 19.1. The van der Waals surface area contributed by atoms with Crippen molar-refractivity contribution in [3.05, 3.63) is 54.0 Å². The summed E-state index contributed by atoms with van der Waals surface area (Å²) in [6.07, 6.45) is -0.764. The van der Waals surface area contributed by atoms with Crippen LogP contribution in [0.15, 0.2) is 47.1 Å². The van der Waals surface area contributed by atoms with Crippen molar-refractivity contribution in [2.24, 2.45) is 0 Å². The van der Waals surface area contributed by atoms with Crippen molar-refractivity contribution < 1.29 is 33.1 Å². The van der Waals surface area contributed by atoms with Crippen molar-refractivity contribution in [1.82, 2.24) is 5.32 Å². The molecule has 9 nitrogen and oxygen atoms in total. The molecular weight excluding hydrogens is 344 g/mol. The van der Waals surface area contributed by atoms with E-state index in [1.165, 1.54) is 43.5 Å². The molecule has 0 saturated carbocycles. The Labute approximate surface area is 148 Å². The summed E-state index contributed by atoms with van der Waals surface area (Å²) in [4.78, 5) is 46.4. The van der Waals surface area contributed by atoms with Crippen LogP contribution in [0.3, 0.4) is 0 Å². The van der Waals surface area contributed by atoms with Gasteiger partial charge in [-0.25, -0.2) is 9.59 Å². The maximum Gasteiger partial charge on any atom is 0.413 e. The minimum Gasteiger partial charge on any atom is -0.459 e. The van der Waals surface area contributed by atoms with Gasteiger partial charge in [-0.3, -0.25) is 14.9 Å². The van der Waals surface area contributed by atoms with Crippen molar-refractivity contribution in [2.45, 2.75) is 13.0 Å². The van der Waals surface area contributed by atoms with Gasteiger partial charge < -0.3 is 19.2 Å². The first-order chi connectivity index (χ1) is 12.4. The molecule has 0 spiro atoms. The highest BCUT2D eigenvalue weighted by molar-refractivity contribution is 6.02. The maximum absolute atomic E-state index is 12.0. The quantitative estimate of drug-likeness (QED) is 0.781. The SMILES string of the molecule is COC(=O)NC(=O)[C@H](C)OC(=O)c1ccc(NC(=O)c2ccco2)cc1. The Morgan fingerprint density at radius 1 is 1.08 bits per heavy atom. The number of methoxy groups -OCH3 is 1. The molecule has 136 valence electrons. The van der Waals surface area contributed by atoms with Crippen LogP contribution in [0.25, 0.3) is 0 Å². The first-order valence-corrected chi connectivity index (χ1v) is 7.45. The van der Waals surface area contributed by atoms with Crippen molar-refractivity contribution >= 4 is 29.6 Å². The molecule has 0 aliphatic rings. The number of ether oxygens (including phenoxy) is 2. The van der Waals surface area contributed by atoms with Crippen LogP contribution in [-0.2, 0) is 14.3 Å². The molecule has 2 aromatic rings. The summed E-state index contributed by atoms with van der Waals surface area (Å²) in [6.45, 7) is 1.31. The van der Waals surface area contributed by atoms with Gasteiger partial charge in [0.2, 0.25) is 0 Å². The first kappa shape index (κ1) is 18.7. The fourth-order valence-electron chi connectivity index (χ4n) is 1.83. The number of amides is 3. The van der Waals surface area contributed by atoms with Crippen molar-refractivity contribution in [2.75, 3.05) is 12.4 Å². The number of esters is 1. The van der Waals surface area contributed by atoms with E-state index in [0.29, 0.717) is 5.69 Å². The van der Waals surface area contributed by atoms with Crippen molar-refractivity contribution in [1.29, 1.82) is 0 Å². The van der Waals surface area contributed by atoms with Crippen LogP contribution in [-0.4, -0.2) is 37.1 Å². The Bertz CT molecular complexity index is 797. The van der Waals surface area contributed by atoms with E-state index < -0.39 is 30.0 Å². The molecular formula is C17H16N2O7. The predicted octanol–water partition coefficient (Wildman–Crippen LogP) is 1.96. The van der Waals surface area contributed by atoms with Crippen LogP contribution < -0.4 is 10.6 Å². The number of rotatable bonds is 5. The molecule has 1 atom stereocenters. The Morgan fingerprint density at radius 2 is 1.77 bits per heavy atom. The summed E-state index contributed by atoms with van der Waals surface area (Å²) >= 11 is 0. The number of hydrogen-bond acceptors (Lipinski definition) is 7. The number of benzene rings is 1. The number of carbonyl (C=O) groups excluding carboxylic acids is 4. The summed E-state index contributed by atoms with van der Waals surface area (Å²) in [6, 6.07) is 8.94. The van der Waals surface area contributed by atoms with E-state index in [4.69, 9.17) is 9.15 Å². The van der Waals surface area contributed by atoms with Gasteiger partial charge in [0.25, 0.3) is 11.8 Å². The Kier molecular flexibility index (Phi) is 6.10. The number of imide groups is 1. The van der Waals surface area contributed by atoms with Gasteiger partial charge in [0.1, 0.15) is 0 Å². The highest BCUT2D eigenvalue weighted by Crippen LogP contribution is 2.13. The van der Waals surface area contributed by atoms with E-state index >= 15 is 0 Å². The average Bonchev–Trinajstić information content (AvgIpc) is 3.16. The van der Waals surface area contributed by atoms with Gasteiger partial charge in [0, 0.05) is 5.69 Å². The molecule has 1 aromatic carbocycles. The van der Waals surface area contributed by atoms with Crippen LogP contribution in [0.1, 0.15) is 27.8 Å². The molecule has 26 heavy (non-hydrogen) atoms. The summed E-state index contributed by atoms with van der Waals surface area (Å²) in [5.41, 5.74) is 0.609. The minimum atomic E-state index is -1.19. The lowest BCUT2D eigenvalue weighted by Gasteiger charge is -2.12. The third-order valence-electron chi connectivity index (χ3n) is 3.19. The lowest BCUT2D eigenvalue weighted by atomic mass is 10.2. The van der Waals surface area contributed by atoms with Gasteiger partial charge in [0.05, 0.1) is 18.9 Å². The topological polar surface area (TPSA) is 124 Å². The molecule has 0 unspecified atom stereocenters. The number of alkyl carbamates (subject to hydrolysis) is 1. The van der Waals surface area contributed by atoms with Gasteiger partial charge >= 0.3 is 12.1 Å². The molecule has 0 fully saturated rings. The second kappa shape index (κ2) is 8.47. The number of carbonyl (C=O) groups is 4. The lowest BCUT2D eigenvalue weighted by Crippen LogP contribution is -2.39. The zero-order valence-electron chi connectivity index (χ0n) is 14.0. The largest absolute Gasteiger partial charge is 0.459 e. The predicted molar refractivity (Wildman–Crippen MR) is 88.5 cm³/mol. The zero-order valence-corrected chi connectivity index (χ0v) is 14.0. The smallest absolute Gasteiger partial charge is 0.413 e. The molecule has 0 radical (unpaired) electrons. The molecule has 2 N–H and O–H groups in total. The molecule has 0 aliphatic carbocycles. The molecule has 0 aliphatic heterocycles. The highest BCUT2D eigenvalue weighted by Gasteiger charge is 2.21. The van der Waals surface area contributed by atoms with Crippen LogP contribution in [0, 0.1) is 0 Å². The molecule has 2 rings (SSSR count). The highest BCUT2D eigenvalue weighted by atomic mass is 16.6. The first-order valence-electron chi connectivity index (χ1n) is 7.45. The van der Waals surface area contributed by atoms with Gasteiger partial charge in [-0.15, -0.1) is 0 Å². The van der Waals surface area contributed by atoms with E-state index in [0.717, 1.165) is 7.11 Å². The van der Waals surface area contributed by atoms with E-state index in [2.05, 4.69) is 10.1 Å². The Hall–Kier alpha value is -3.62. The number of furan rings is 1.